The van der Waals surface area contributed by atoms with Gasteiger partial charge in [-0.1, -0.05) is 43.5 Å². The third kappa shape index (κ3) is 6.64. The molecule has 5 N–H and O–H groups in total. The van der Waals surface area contributed by atoms with E-state index in [1.54, 1.807) is 9.69 Å². The summed E-state index contributed by atoms with van der Waals surface area (Å²) >= 11 is 0. The molecule has 44 heavy (non-hydrogen) atoms. The van der Waals surface area contributed by atoms with E-state index in [-0.39, 0.29) is 29.5 Å². The summed E-state index contributed by atoms with van der Waals surface area (Å²) in [5, 5.41) is 16.4. The number of ether oxygens (including phenoxy) is 1. The predicted octanol–water partition coefficient (Wildman–Crippen LogP) is 5.76. The van der Waals surface area contributed by atoms with Crippen LogP contribution in [-0.4, -0.2) is 63.0 Å². The topological polar surface area (TPSA) is 123 Å². The van der Waals surface area contributed by atoms with Crippen molar-refractivity contribution in [2.75, 3.05) is 20.1 Å². The van der Waals surface area contributed by atoms with Gasteiger partial charge in [0, 0.05) is 29.8 Å². The summed E-state index contributed by atoms with van der Waals surface area (Å²) < 4.78 is 8.18. The van der Waals surface area contributed by atoms with Crippen LogP contribution in [0.4, 0.5) is 0 Å². The van der Waals surface area contributed by atoms with Crippen LogP contribution in [0, 0.1) is 11.8 Å². The highest BCUT2D eigenvalue weighted by molar-refractivity contribution is 5.89. The van der Waals surface area contributed by atoms with Crippen LogP contribution >= 0.6 is 0 Å². The normalized spacial score (nSPS) is 22.5. The maximum atomic E-state index is 12.3. The third-order valence-electron chi connectivity index (χ3n) is 9.91. The van der Waals surface area contributed by atoms with E-state index in [1.807, 2.05) is 30.5 Å². The van der Waals surface area contributed by atoms with Crippen molar-refractivity contribution in [3.63, 3.8) is 0 Å². The van der Waals surface area contributed by atoms with E-state index in [4.69, 9.17) is 16.3 Å². The van der Waals surface area contributed by atoms with Crippen molar-refractivity contribution >= 4 is 5.97 Å². The van der Waals surface area contributed by atoms with Crippen molar-refractivity contribution in [1.29, 1.82) is 0 Å². The first kappa shape index (κ1) is 30.2. The molecule has 1 aliphatic heterocycles. The Hall–Kier alpha value is -3.82. The molecular weight excluding hydrogens is 552 g/mol. The lowest BCUT2D eigenvalue weighted by atomic mass is 9.86. The van der Waals surface area contributed by atoms with Gasteiger partial charge in [0.15, 0.2) is 0 Å². The molecule has 0 bridgehead atoms. The molecule has 2 aromatic carbocycles. The molecular formula is C35H46N6O3. The van der Waals surface area contributed by atoms with Gasteiger partial charge in [0.25, 0.3) is 0 Å². The molecule has 9 nitrogen and oxygen atoms in total. The summed E-state index contributed by atoms with van der Waals surface area (Å²) in [6.07, 6.45) is 12.6. The second kappa shape index (κ2) is 13.0. The fourth-order valence-corrected chi connectivity index (χ4v) is 7.10. The Balaban J connectivity index is 1.21. The maximum Gasteiger partial charge on any atom is 0.339 e. The van der Waals surface area contributed by atoms with Crippen LogP contribution in [0.5, 0.6) is 5.75 Å². The monoisotopic (exact) mass is 598 g/mol. The second-order valence-corrected chi connectivity index (χ2v) is 13.0. The van der Waals surface area contributed by atoms with Crippen LogP contribution in [0.15, 0.2) is 66.6 Å². The molecule has 3 aromatic rings. The lowest BCUT2D eigenvalue weighted by Gasteiger charge is -2.34. The molecule has 3 fully saturated rings. The molecule has 1 saturated heterocycles. The molecule has 3 aliphatic rings. The Bertz CT molecular complexity index is 1490. The molecule has 2 aliphatic carbocycles. The summed E-state index contributed by atoms with van der Waals surface area (Å²) in [5.74, 6) is 6.87. The average molecular weight is 599 g/mol. The molecule has 0 radical (unpaired) electrons. The molecule has 2 saturated carbocycles. The van der Waals surface area contributed by atoms with Gasteiger partial charge >= 0.3 is 5.97 Å². The molecule has 2 heterocycles. The van der Waals surface area contributed by atoms with Crippen LogP contribution in [0.3, 0.4) is 0 Å². The van der Waals surface area contributed by atoms with Crippen molar-refractivity contribution in [3.05, 3.63) is 77.9 Å². The summed E-state index contributed by atoms with van der Waals surface area (Å²) in [7, 11) is 2.12. The number of nitrogens with two attached hydrogens (primary N) is 2. The van der Waals surface area contributed by atoms with Gasteiger partial charge in [0.2, 0.25) is 0 Å². The first-order valence-electron chi connectivity index (χ1n) is 16.2. The molecule has 3 atom stereocenters. The predicted molar refractivity (Wildman–Crippen MR) is 172 cm³/mol. The maximum absolute atomic E-state index is 12.3. The highest BCUT2D eigenvalue weighted by Crippen LogP contribution is 2.52. The Kier molecular flexibility index (Phi) is 8.96. The number of piperidine rings is 1. The third-order valence-corrected chi connectivity index (χ3v) is 9.91. The zero-order valence-electron chi connectivity index (χ0n) is 25.9. The summed E-state index contributed by atoms with van der Waals surface area (Å²) in [6.45, 7) is 4.21. The van der Waals surface area contributed by atoms with Gasteiger partial charge in [-0.2, -0.15) is 5.10 Å². The number of carboxylic acids is 1. The van der Waals surface area contributed by atoms with Crippen molar-refractivity contribution in [1.82, 2.24) is 19.7 Å². The molecule has 9 heteroatoms. The fraction of sp³-hybridized carbons (Fsp3) is 0.486. The number of rotatable bonds is 10. The highest BCUT2D eigenvalue weighted by Gasteiger charge is 2.45. The van der Waals surface area contributed by atoms with E-state index in [0.717, 1.165) is 54.9 Å². The number of carbonyl (C=O) groups is 1. The number of allylic oxidation sites excluding steroid dienone is 1. The fourth-order valence-electron chi connectivity index (χ4n) is 7.10. The molecule has 234 valence electrons. The van der Waals surface area contributed by atoms with Gasteiger partial charge < -0.3 is 25.5 Å². The Labute approximate surface area is 260 Å². The zero-order valence-corrected chi connectivity index (χ0v) is 25.9. The second-order valence-electron chi connectivity index (χ2n) is 13.0. The molecule has 0 amide bonds. The smallest absolute Gasteiger partial charge is 0.339 e. The largest absolute Gasteiger partial charge is 0.490 e. The number of nitrogens with zero attached hydrogens (tertiary/aromatic N) is 4. The Morgan fingerprint density at radius 1 is 1.07 bits per heavy atom. The van der Waals surface area contributed by atoms with E-state index in [1.165, 1.54) is 38.3 Å². The highest BCUT2D eigenvalue weighted by atomic mass is 16.5. The van der Waals surface area contributed by atoms with Crippen molar-refractivity contribution in [2.45, 2.75) is 76.4 Å². The molecule has 2 unspecified atom stereocenters. The summed E-state index contributed by atoms with van der Waals surface area (Å²) in [5.41, 5.74) is 11.0. The number of likely N-dealkylation sites (tertiary alicyclic amines) is 1. The zero-order chi connectivity index (χ0) is 30.8. The molecule has 0 spiro atoms. The minimum absolute atomic E-state index is 0.0176. The first-order valence-corrected chi connectivity index (χ1v) is 16.2. The number of aromatic nitrogens is 2. The number of hydrazine groups is 1. The van der Waals surface area contributed by atoms with Gasteiger partial charge in [-0.25, -0.2) is 15.3 Å². The Morgan fingerprint density at radius 2 is 1.77 bits per heavy atom. The standard InChI is InChI=1S/C35H46N6O3/c1-23(24-8-4-3-5-9-24)44-29-13-7-11-26(19-29)25-10-6-12-28(18-25)41-34(32(21-38-41)35(42)43)31-20-30(31)33(36)22-40(37)27-14-16-39(2)17-15-27/h6-7,10-13,18-19,21-24,27,30-31H,3-5,8-9,14-17,20,36-37H2,1-2H3,(H,42,43)/b33-22-/t23?,30?,31-/m1/s1. The minimum atomic E-state index is -0.987. The lowest BCUT2D eigenvalue weighted by Crippen LogP contribution is -2.44. The van der Waals surface area contributed by atoms with Gasteiger partial charge in [-0.15, -0.1) is 0 Å². The van der Waals surface area contributed by atoms with E-state index >= 15 is 0 Å². The van der Waals surface area contributed by atoms with Crippen molar-refractivity contribution in [3.8, 4) is 22.6 Å². The number of hydrogen-bond donors (Lipinski definition) is 3. The van der Waals surface area contributed by atoms with Crippen molar-refractivity contribution in [2.24, 2.45) is 23.4 Å². The van der Waals surface area contributed by atoms with E-state index < -0.39 is 5.97 Å². The van der Waals surface area contributed by atoms with Crippen molar-refractivity contribution < 1.29 is 14.6 Å². The number of carboxylic acid groups (broad SMARTS) is 1. The van der Waals surface area contributed by atoms with Gasteiger partial charge in [0.05, 0.1) is 23.7 Å². The quantitative estimate of drug-likeness (QED) is 0.199. The van der Waals surface area contributed by atoms with Gasteiger partial charge in [-0.3, -0.25) is 0 Å². The van der Waals surface area contributed by atoms with Crippen LogP contribution in [0.25, 0.3) is 16.8 Å². The summed E-state index contributed by atoms with van der Waals surface area (Å²) in [6, 6.07) is 16.6. The van der Waals surface area contributed by atoms with E-state index in [0.29, 0.717) is 17.3 Å². The van der Waals surface area contributed by atoms with Gasteiger partial charge in [0.1, 0.15) is 11.3 Å². The van der Waals surface area contributed by atoms with Crippen LogP contribution in [-0.2, 0) is 0 Å². The SMILES string of the molecule is CC(Oc1cccc(-c2cccc(-n3ncc(C(=O)O)c3[C@@H]3CC3/C(N)=C/N(N)C3CCN(C)CC3)c2)c1)C1CCCCC1. The number of benzene rings is 2. The van der Waals surface area contributed by atoms with Crippen LogP contribution in [0.2, 0.25) is 0 Å². The van der Waals surface area contributed by atoms with Crippen LogP contribution in [0.1, 0.15) is 80.3 Å². The van der Waals surface area contributed by atoms with Gasteiger partial charge in [-0.05, 0) is 100 Å². The van der Waals surface area contributed by atoms with Crippen LogP contribution < -0.4 is 16.3 Å². The molecule has 6 rings (SSSR count). The van der Waals surface area contributed by atoms with E-state index in [2.05, 4.69) is 48.2 Å². The number of hydrogen-bond acceptors (Lipinski definition) is 7. The number of aromatic carboxylic acids is 1. The summed E-state index contributed by atoms with van der Waals surface area (Å²) in [4.78, 5) is 14.6. The Morgan fingerprint density at radius 3 is 2.50 bits per heavy atom. The first-order chi connectivity index (χ1) is 21.3. The minimum Gasteiger partial charge on any atom is -0.490 e. The lowest BCUT2D eigenvalue weighted by molar-refractivity contribution is 0.0695. The average Bonchev–Trinajstić information content (AvgIpc) is 3.71. The molecule has 1 aromatic heterocycles. The van der Waals surface area contributed by atoms with E-state index in [9.17, 15) is 9.90 Å².